The predicted octanol–water partition coefficient (Wildman–Crippen LogP) is 3.99. The van der Waals surface area contributed by atoms with Gasteiger partial charge in [-0.15, -0.1) is 0 Å². The summed E-state index contributed by atoms with van der Waals surface area (Å²) in [5.74, 6) is 0. The molecule has 0 saturated heterocycles. The second-order valence-corrected chi connectivity index (χ2v) is 25.1. The maximum atomic E-state index is 9.48. The number of hydrogen-bond acceptors (Lipinski definition) is 1. The Morgan fingerprint density at radius 3 is 1.36 bits per heavy atom. The van der Waals surface area contributed by atoms with E-state index in [2.05, 4.69) is 163 Å². The smallest absolute Gasteiger partial charge is 0.0796 e. The van der Waals surface area contributed by atoms with Crippen molar-refractivity contribution in [3.05, 3.63) is 159 Å². The third-order valence-electron chi connectivity index (χ3n) is 11.1. The maximum absolute atomic E-state index is 9.48. The first-order valence-corrected chi connectivity index (χ1v) is 24.6. The van der Waals surface area contributed by atoms with Crippen LogP contribution in [0.1, 0.15) is 46.9 Å². The van der Waals surface area contributed by atoms with Gasteiger partial charge in [0.05, 0.1) is 6.10 Å². The van der Waals surface area contributed by atoms with E-state index < -0.39 is 43.6 Å². The van der Waals surface area contributed by atoms with Gasteiger partial charge in [0.25, 0.3) is 0 Å². The van der Waals surface area contributed by atoms with Crippen LogP contribution in [0.2, 0.25) is 0 Å². The van der Waals surface area contributed by atoms with E-state index in [-0.39, 0.29) is 6.10 Å². The molecule has 0 fully saturated rings. The fourth-order valence-electron chi connectivity index (χ4n) is 8.42. The zero-order chi connectivity index (χ0) is 40.6. The Bertz CT molecular complexity index is 1910. The number of fused-ring (bicyclic) bond motifs is 2. The van der Waals surface area contributed by atoms with Crippen molar-refractivity contribution in [3.8, 4) is 0 Å². The molecule has 1 nitrogen and oxygen atoms in total. The molecule has 253 valence electrons. The van der Waals surface area contributed by atoms with Gasteiger partial charge >= 0.3 is 196 Å². The largest absolute Gasteiger partial charge is 0.388 e. The first-order chi connectivity index (χ1) is 26.7. The Labute approximate surface area is 373 Å². The number of aryl methyl sites for hydroxylation is 2. The van der Waals surface area contributed by atoms with E-state index >= 15 is 0 Å². The minimum absolute atomic E-state index is 0.234. The molecule has 0 spiro atoms. The molecule has 5 aromatic carbocycles. The molecule has 0 aliphatic heterocycles. The molecule has 17 radical (unpaired) electrons. The number of aliphatic hydroxyl groups excluding tert-OH is 1. The van der Waals surface area contributed by atoms with Crippen molar-refractivity contribution < 1.29 is 5.11 Å². The molecule has 1 N–H and O–H groups in total. The Morgan fingerprint density at radius 2 is 0.946 bits per heavy atom. The summed E-state index contributed by atoms with van der Waals surface area (Å²) in [5.41, 5.74) is 5.70. The SMILES string of the molecule is Brc1ccc2c(c1)C(P(Br)(c1ccccc1)(c1ccccc1)c1ccccc1)CC2.OC1CCc2ccc(Br)cc21.[B][B]B([B])B(B([B])[B])B(B([B])[B])B([B])[B]. The van der Waals surface area contributed by atoms with Crippen molar-refractivity contribution in [1.82, 2.24) is 0 Å². The average molecular weight is 914 g/mol. The van der Waals surface area contributed by atoms with Crippen LogP contribution in [0.5, 0.6) is 0 Å². The van der Waals surface area contributed by atoms with Crippen molar-refractivity contribution in [2.24, 2.45) is 0 Å². The summed E-state index contributed by atoms with van der Waals surface area (Å²) in [7, 11) is 45.8. The number of aliphatic hydroxyl groups is 1. The Kier molecular flexibility index (Phi) is 16.8. The monoisotopic (exact) mass is 913 g/mol. The third kappa shape index (κ3) is 9.75. The van der Waals surface area contributed by atoms with Gasteiger partial charge in [0.1, 0.15) is 0 Å². The molecule has 20 heteroatoms. The molecule has 5 aromatic rings. The summed E-state index contributed by atoms with van der Waals surface area (Å²) in [4.78, 5) is 0. The van der Waals surface area contributed by atoms with E-state index in [4.69, 9.17) is 61.9 Å². The van der Waals surface area contributed by atoms with Gasteiger partial charge in [0.15, 0.2) is 0 Å². The quantitative estimate of drug-likeness (QED) is 0.166. The van der Waals surface area contributed by atoms with Gasteiger partial charge < -0.3 is 5.11 Å². The maximum Gasteiger partial charge on any atom is 0.0796 e. The Morgan fingerprint density at radius 1 is 0.554 bits per heavy atom. The van der Waals surface area contributed by atoms with Crippen molar-refractivity contribution in [2.75, 3.05) is 0 Å². The van der Waals surface area contributed by atoms with Crippen LogP contribution in [-0.4, -0.2) is 112 Å². The molecule has 0 heterocycles. The molecule has 0 aromatic heterocycles. The molecule has 56 heavy (non-hydrogen) atoms. The number of benzene rings is 5. The van der Waals surface area contributed by atoms with Crippen molar-refractivity contribution in [3.63, 3.8) is 0 Å². The molecule has 2 aliphatic rings. The number of hydrogen-bond donors (Lipinski definition) is 1. The molecular weight excluding hydrogens is 881 g/mol. The minimum Gasteiger partial charge on any atom is -0.388 e. The van der Waals surface area contributed by atoms with Crippen LogP contribution < -0.4 is 15.9 Å². The van der Waals surface area contributed by atoms with Crippen LogP contribution >= 0.6 is 52.7 Å². The number of halogens is 3. The van der Waals surface area contributed by atoms with Crippen molar-refractivity contribution >= 4 is 176 Å². The van der Waals surface area contributed by atoms with Crippen LogP contribution in [0.4, 0.5) is 0 Å². The molecule has 7 rings (SSSR count). The summed E-state index contributed by atoms with van der Waals surface area (Å²) in [5, 5.41) is 10.7. The summed E-state index contributed by atoms with van der Waals surface area (Å²) in [6, 6.07) is 46.3. The topological polar surface area (TPSA) is 20.2 Å². The zero-order valence-electron chi connectivity index (χ0n) is 31.3. The molecule has 0 bridgehead atoms. The van der Waals surface area contributed by atoms with Crippen molar-refractivity contribution in [2.45, 2.75) is 37.4 Å². The van der Waals surface area contributed by atoms with Gasteiger partial charge in [-0.3, -0.25) is 0 Å². The molecular formula is C36H32B15Br3OP. The predicted molar refractivity (Wildman–Crippen MR) is 273 cm³/mol. The minimum atomic E-state index is -3.00. The van der Waals surface area contributed by atoms with E-state index in [0.717, 1.165) is 40.2 Å². The van der Waals surface area contributed by atoms with Crippen LogP contribution in [-0.2, 0) is 12.8 Å². The number of rotatable bonds is 10. The van der Waals surface area contributed by atoms with Gasteiger partial charge in [0, 0.05) is 112 Å². The molecule has 0 saturated carbocycles. The fraction of sp³-hybridized carbons (Fsp3) is 0.167. The van der Waals surface area contributed by atoms with E-state index in [0.29, 0.717) is 5.66 Å². The van der Waals surface area contributed by atoms with Gasteiger partial charge in [-0.2, -0.15) is 0 Å². The molecule has 2 aliphatic carbocycles. The van der Waals surface area contributed by atoms with Crippen LogP contribution in [0.15, 0.2) is 136 Å². The molecule has 0 amide bonds. The van der Waals surface area contributed by atoms with Crippen LogP contribution in [0.25, 0.3) is 0 Å². The summed E-state index contributed by atoms with van der Waals surface area (Å²) >= 11 is 11.8. The summed E-state index contributed by atoms with van der Waals surface area (Å²) in [6.07, 6.45) is 0.142. The van der Waals surface area contributed by atoms with Crippen molar-refractivity contribution in [1.29, 1.82) is 0 Å². The average Bonchev–Trinajstić information content (AvgIpc) is 3.80. The molecule has 2 unspecified atom stereocenters. The van der Waals surface area contributed by atoms with Gasteiger partial charge in [-0.25, -0.2) is 0 Å². The first kappa shape index (κ1) is 46.0. The first-order valence-electron chi connectivity index (χ1n) is 18.7. The second kappa shape index (κ2) is 20.4. The van der Waals surface area contributed by atoms with Crippen LogP contribution in [0, 0.1) is 0 Å². The summed E-state index contributed by atoms with van der Waals surface area (Å²) < 4.78 is 2.21. The summed E-state index contributed by atoms with van der Waals surface area (Å²) in [6.45, 7) is 0. The standard InChI is InChI=1S/C27H23Br2P.C9H9BrO.B15/c28-22-18-16-21-17-19-27(26(21)20-22)30(29,23-10-4-1-5-11-23,24-12-6-2-7-13-24)25-14-8-3-9-15-25;10-7-3-1-6-2-4-9(11)8(6)5-7;1-9-13(8)15(12(6)7)14(10(2)3)11(4)5/h1-16,18,20,27H,17,19H2;1,3,5,9,11H,2,4H2;. The Balaban J connectivity index is 0.000000192. The van der Waals surface area contributed by atoms with Gasteiger partial charge in [0.2, 0.25) is 0 Å². The van der Waals surface area contributed by atoms with Gasteiger partial charge in [-0.05, 0) is 36.1 Å². The van der Waals surface area contributed by atoms with E-state index in [1.807, 2.05) is 12.1 Å². The second-order valence-electron chi connectivity index (χ2n) is 14.5. The molecule has 2 atom stereocenters. The Hall–Kier alpha value is -1.10. The fourth-order valence-corrected chi connectivity index (χ4v) is 18.2. The normalized spacial score (nSPS) is 15.8. The third-order valence-corrected chi connectivity index (χ3v) is 22.9. The van der Waals surface area contributed by atoms with E-state index in [9.17, 15) is 5.11 Å². The van der Waals surface area contributed by atoms with Gasteiger partial charge in [-0.1, -0.05) is 22.0 Å². The van der Waals surface area contributed by atoms with Crippen LogP contribution in [0.3, 0.4) is 0 Å². The van der Waals surface area contributed by atoms with E-state index in [1.165, 1.54) is 39.7 Å². The van der Waals surface area contributed by atoms with E-state index in [1.54, 1.807) is 0 Å². The zero-order valence-corrected chi connectivity index (χ0v) is 36.9.